The van der Waals surface area contributed by atoms with Crippen LogP contribution < -0.4 is 4.74 Å². The molecule has 1 aromatic heterocycles. The van der Waals surface area contributed by atoms with Gasteiger partial charge < -0.3 is 4.74 Å². The van der Waals surface area contributed by atoms with Crippen molar-refractivity contribution in [2.24, 2.45) is 0 Å². The Bertz CT molecular complexity index is 723. The van der Waals surface area contributed by atoms with Crippen LogP contribution >= 0.6 is 22.9 Å². The Hall–Kier alpha value is -1.58. The first-order chi connectivity index (χ1) is 9.33. The van der Waals surface area contributed by atoms with Gasteiger partial charge in [-0.05, 0) is 16.8 Å². The lowest BCUT2D eigenvalue weighted by atomic mass is 10.0. The highest BCUT2D eigenvalue weighted by Gasteiger charge is 2.13. The molecule has 0 aliphatic carbocycles. The van der Waals surface area contributed by atoms with Gasteiger partial charge in [0, 0.05) is 5.38 Å². The van der Waals surface area contributed by atoms with Crippen molar-refractivity contribution >= 4 is 33.7 Å². The molecule has 0 atom stereocenters. The number of nitrogens with zero attached hydrogens (tertiary/aromatic N) is 1. The highest BCUT2D eigenvalue weighted by molar-refractivity contribution is 7.13. The van der Waals surface area contributed by atoms with Crippen LogP contribution in [0, 0.1) is 0 Å². The molecule has 96 valence electrons. The summed E-state index contributed by atoms with van der Waals surface area (Å²) in [5.74, 6) is 1.28. The van der Waals surface area contributed by atoms with Crippen molar-refractivity contribution in [3.63, 3.8) is 0 Å². The molecule has 0 spiro atoms. The Kier molecular flexibility index (Phi) is 3.40. The van der Waals surface area contributed by atoms with Gasteiger partial charge in [-0.25, -0.2) is 4.98 Å². The number of benzene rings is 2. The van der Waals surface area contributed by atoms with Gasteiger partial charge in [0.15, 0.2) is 0 Å². The summed E-state index contributed by atoms with van der Waals surface area (Å²) in [5, 5.41) is 5.27. The fourth-order valence-electron chi connectivity index (χ4n) is 2.13. The third kappa shape index (κ3) is 2.20. The van der Waals surface area contributed by atoms with E-state index in [1.54, 1.807) is 18.4 Å². The number of rotatable bonds is 3. The molecule has 0 aliphatic heterocycles. The summed E-state index contributed by atoms with van der Waals surface area (Å²) in [7, 11) is 1.68. The molecule has 1 heterocycles. The van der Waals surface area contributed by atoms with E-state index in [1.807, 2.05) is 23.6 Å². The number of thiazole rings is 1. The SMILES string of the molecule is COc1ccc2ccccc2c1-c1nc(CCl)cs1. The van der Waals surface area contributed by atoms with Crippen LogP contribution in [0.15, 0.2) is 41.8 Å². The van der Waals surface area contributed by atoms with Crippen LogP contribution in [0.25, 0.3) is 21.3 Å². The van der Waals surface area contributed by atoms with Crippen LogP contribution in [0.3, 0.4) is 0 Å². The molecule has 0 unspecified atom stereocenters. The lowest BCUT2D eigenvalue weighted by molar-refractivity contribution is 0.417. The van der Waals surface area contributed by atoms with Crippen molar-refractivity contribution in [3.8, 4) is 16.3 Å². The fraction of sp³-hybridized carbons (Fsp3) is 0.133. The third-order valence-corrected chi connectivity index (χ3v) is 4.20. The van der Waals surface area contributed by atoms with E-state index in [9.17, 15) is 0 Å². The molecule has 4 heteroatoms. The quantitative estimate of drug-likeness (QED) is 0.651. The number of methoxy groups -OCH3 is 1. The van der Waals surface area contributed by atoms with Crippen LogP contribution in [-0.2, 0) is 5.88 Å². The number of hydrogen-bond acceptors (Lipinski definition) is 3. The summed E-state index contributed by atoms with van der Waals surface area (Å²) in [5.41, 5.74) is 1.94. The summed E-state index contributed by atoms with van der Waals surface area (Å²) < 4.78 is 5.48. The number of ether oxygens (including phenoxy) is 1. The standard InChI is InChI=1S/C15H12ClNOS/c1-18-13-7-6-10-4-2-3-5-12(10)14(13)15-17-11(8-16)9-19-15/h2-7,9H,8H2,1H3. The second kappa shape index (κ2) is 5.19. The first-order valence-corrected chi connectivity index (χ1v) is 7.31. The minimum atomic E-state index is 0.434. The summed E-state index contributed by atoms with van der Waals surface area (Å²) in [4.78, 5) is 4.56. The zero-order valence-corrected chi connectivity index (χ0v) is 12.0. The first kappa shape index (κ1) is 12.5. The highest BCUT2D eigenvalue weighted by atomic mass is 35.5. The molecule has 3 aromatic rings. The molecule has 0 amide bonds. The average Bonchev–Trinajstić information content (AvgIpc) is 2.94. The van der Waals surface area contributed by atoms with E-state index >= 15 is 0 Å². The van der Waals surface area contributed by atoms with Gasteiger partial charge in [-0.2, -0.15) is 0 Å². The van der Waals surface area contributed by atoms with Crippen LogP contribution in [-0.4, -0.2) is 12.1 Å². The number of hydrogen-bond donors (Lipinski definition) is 0. The molecular formula is C15H12ClNOS. The Labute approximate surface area is 120 Å². The molecule has 0 aliphatic rings. The normalized spacial score (nSPS) is 10.8. The maximum absolute atomic E-state index is 5.83. The zero-order chi connectivity index (χ0) is 13.2. The Balaban J connectivity index is 2.30. The van der Waals surface area contributed by atoms with Gasteiger partial charge in [0.1, 0.15) is 10.8 Å². The van der Waals surface area contributed by atoms with E-state index in [4.69, 9.17) is 16.3 Å². The lowest BCUT2D eigenvalue weighted by Gasteiger charge is -2.09. The molecule has 0 N–H and O–H groups in total. The molecule has 0 saturated carbocycles. The van der Waals surface area contributed by atoms with E-state index in [2.05, 4.69) is 23.2 Å². The van der Waals surface area contributed by atoms with E-state index in [1.165, 1.54) is 5.39 Å². The van der Waals surface area contributed by atoms with Gasteiger partial charge in [0.05, 0.1) is 24.2 Å². The Morgan fingerprint density at radius 2 is 2.05 bits per heavy atom. The van der Waals surface area contributed by atoms with Gasteiger partial charge in [0.2, 0.25) is 0 Å². The highest BCUT2D eigenvalue weighted by Crippen LogP contribution is 2.38. The number of halogens is 1. The molecule has 0 bridgehead atoms. The van der Waals surface area contributed by atoms with Gasteiger partial charge in [-0.3, -0.25) is 0 Å². The van der Waals surface area contributed by atoms with Crippen molar-refractivity contribution in [3.05, 3.63) is 47.5 Å². The largest absolute Gasteiger partial charge is 0.496 e. The smallest absolute Gasteiger partial charge is 0.129 e. The van der Waals surface area contributed by atoms with Crippen molar-refractivity contribution < 1.29 is 4.74 Å². The molecule has 2 aromatic carbocycles. The second-order valence-electron chi connectivity index (χ2n) is 4.14. The monoisotopic (exact) mass is 289 g/mol. The molecule has 3 rings (SSSR count). The zero-order valence-electron chi connectivity index (χ0n) is 10.4. The van der Waals surface area contributed by atoms with E-state index in [0.29, 0.717) is 5.88 Å². The topological polar surface area (TPSA) is 22.1 Å². The van der Waals surface area contributed by atoms with Crippen molar-refractivity contribution in [1.82, 2.24) is 4.98 Å². The maximum atomic E-state index is 5.83. The van der Waals surface area contributed by atoms with Crippen LogP contribution in [0.5, 0.6) is 5.75 Å². The average molecular weight is 290 g/mol. The Morgan fingerprint density at radius 3 is 2.79 bits per heavy atom. The predicted octanol–water partition coefficient (Wildman–Crippen LogP) is 4.71. The predicted molar refractivity (Wildman–Crippen MR) is 81.2 cm³/mol. The molecule has 2 nitrogen and oxygen atoms in total. The number of fused-ring (bicyclic) bond motifs is 1. The summed E-state index contributed by atoms with van der Waals surface area (Å²) >= 11 is 7.43. The van der Waals surface area contributed by atoms with E-state index in [-0.39, 0.29) is 0 Å². The molecular weight excluding hydrogens is 278 g/mol. The summed E-state index contributed by atoms with van der Waals surface area (Å²) in [6, 6.07) is 12.3. The minimum absolute atomic E-state index is 0.434. The molecule has 0 fully saturated rings. The van der Waals surface area contributed by atoms with E-state index < -0.39 is 0 Å². The van der Waals surface area contributed by atoms with Crippen LogP contribution in [0.4, 0.5) is 0 Å². The number of aromatic nitrogens is 1. The van der Waals surface area contributed by atoms with Crippen molar-refractivity contribution in [1.29, 1.82) is 0 Å². The number of alkyl halides is 1. The second-order valence-corrected chi connectivity index (χ2v) is 5.27. The fourth-order valence-corrected chi connectivity index (χ4v) is 3.24. The molecule has 19 heavy (non-hydrogen) atoms. The Morgan fingerprint density at radius 1 is 1.21 bits per heavy atom. The summed E-state index contributed by atoms with van der Waals surface area (Å²) in [6.45, 7) is 0. The first-order valence-electron chi connectivity index (χ1n) is 5.90. The van der Waals surface area contributed by atoms with E-state index in [0.717, 1.165) is 27.4 Å². The van der Waals surface area contributed by atoms with Crippen molar-refractivity contribution in [2.75, 3.05) is 7.11 Å². The summed E-state index contributed by atoms with van der Waals surface area (Å²) in [6.07, 6.45) is 0. The molecule has 0 radical (unpaired) electrons. The maximum Gasteiger partial charge on any atom is 0.129 e. The minimum Gasteiger partial charge on any atom is -0.496 e. The van der Waals surface area contributed by atoms with Gasteiger partial charge in [-0.1, -0.05) is 30.3 Å². The lowest BCUT2D eigenvalue weighted by Crippen LogP contribution is -1.89. The van der Waals surface area contributed by atoms with Crippen LogP contribution in [0.2, 0.25) is 0 Å². The van der Waals surface area contributed by atoms with Gasteiger partial charge in [0.25, 0.3) is 0 Å². The van der Waals surface area contributed by atoms with Crippen LogP contribution in [0.1, 0.15) is 5.69 Å². The van der Waals surface area contributed by atoms with Crippen molar-refractivity contribution in [2.45, 2.75) is 5.88 Å². The third-order valence-electron chi connectivity index (χ3n) is 3.01. The van der Waals surface area contributed by atoms with Gasteiger partial charge >= 0.3 is 0 Å². The van der Waals surface area contributed by atoms with Gasteiger partial charge in [-0.15, -0.1) is 22.9 Å². The molecule has 0 saturated heterocycles.